The van der Waals surface area contributed by atoms with E-state index in [1.165, 1.54) is 0 Å². The first-order chi connectivity index (χ1) is 10.8. The molecule has 0 aliphatic carbocycles. The van der Waals surface area contributed by atoms with Crippen LogP contribution in [0.4, 0.5) is 0 Å². The van der Waals surface area contributed by atoms with Crippen LogP contribution >= 0.6 is 0 Å². The Morgan fingerprint density at radius 3 is 2.82 bits per heavy atom. The molecule has 0 unspecified atom stereocenters. The van der Waals surface area contributed by atoms with Crippen molar-refractivity contribution in [2.45, 2.75) is 33.1 Å². The zero-order valence-corrected chi connectivity index (χ0v) is 13.1. The monoisotopic (exact) mass is 298 g/mol. The van der Waals surface area contributed by atoms with Gasteiger partial charge in [0.25, 0.3) is 0 Å². The highest BCUT2D eigenvalue weighted by Crippen LogP contribution is 2.26. The van der Waals surface area contributed by atoms with Crippen LogP contribution < -0.4 is 10.2 Å². The second-order valence-electron chi connectivity index (χ2n) is 5.03. The summed E-state index contributed by atoms with van der Waals surface area (Å²) < 4.78 is 5.66. The third kappa shape index (κ3) is 4.07. The number of rotatable bonds is 7. The number of amides is 1. The van der Waals surface area contributed by atoms with Crippen LogP contribution in [-0.4, -0.2) is 18.7 Å². The summed E-state index contributed by atoms with van der Waals surface area (Å²) in [5.74, 6) is 0.712. The number of ether oxygens (including phenoxy) is 1. The molecule has 0 saturated carbocycles. The van der Waals surface area contributed by atoms with Crippen LogP contribution in [0.1, 0.15) is 38.7 Å². The number of benzene rings is 2. The van der Waals surface area contributed by atoms with Gasteiger partial charge < -0.3 is 4.74 Å². The van der Waals surface area contributed by atoms with E-state index in [0.717, 1.165) is 34.9 Å². The van der Waals surface area contributed by atoms with E-state index < -0.39 is 0 Å². The van der Waals surface area contributed by atoms with E-state index in [1.807, 2.05) is 43.3 Å². The van der Waals surface area contributed by atoms with Crippen molar-refractivity contribution in [3.63, 3.8) is 0 Å². The van der Waals surface area contributed by atoms with Gasteiger partial charge in [-0.1, -0.05) is 43.7 Å². The summed E-state index contributed by atoms with van der Waals surface area (Å²) in [7, 11) is 0. The number of nitrogens with zero attached hydrogens (tertiary/aromatic N) is 1. The molecular weight excluding hydrogens is 276 g/mol. The fraction of sp³-hybridized carbons (Fsp3) is 0.333. The van der Waals surface area contributed by atoms with Crippen LogP contribution in [0, 0.1) is 0 Å². The fourth-order valence-electron chi connectivity index (χ4n) is 2.25. The quantitative estimate of drug-likeness (QED) is 0.623. The van der Waals surface area contributed by atoms with E-state index in [0.29, 0.717) is 13.0 Å². The van der Waals surface area contributed by atoms with Gasteiger partial charge in [0.2, 0.25) is 5.91 Å². The number of carbonyl (C=O) groups is 1. The van der Waals surface area contributed by atoms with Crippen molar-refractivity contribution < 1.29 is 9.53 Å². The minimum absolute atomic E-state index is 0.0590. The molecule has 0 bridgehead atoms. The molecule has 4 heteroatoms. The Labute approximate surface area is 131 Å². The van der Waals surface area contributed by atoms with E-state index in [9.17, 15) is 4.79 Å². The van der Waals surface area contributed by atoms with Crippen molar-refractivity contribution in [3.8, 4) is 5.75 Å². The molecule has 1 N–H and O–H groups in total. The molecule has 2 rings (SSSR count). The number of hydrogen-bond acceptors (Lipinski definition) is 3. The van der Waals surface area contributed by atoms with Gasteiger partial charge in [-0.15, -0.1) is 0 Å². The van der Waals surface area contributed by atoms with Crippen LogP contribution in [0.2, 0.25) is 0 Å². The average Bonchev–Trinajstić information content (AvgIpc) is 2.54. The molecule has 1 amide bonds. The summed E-state index contributed by atoms with van der Waals surface area (Å²) in [6, 6.07) is 12.0. The Bertz CT molecular complexity index is 665. The average molecular weight is 298 g/mol. The van der Waals surface area contributed by atoms with Gasteiger partial charge in [-0.3, -0.25) is 4.79 Å². The van der Waals surface area contributed by atoms with Crippen molar-refractivity contribution in [1.82, 2.24) is 5.43 Å². The van der Waals surface area contributed by atoms with E-state index in [2.05, 4.69) is 17.5 Å². The van der Waals surface area contributed by atoms with Crippen LogP contribution in [-0.2, 0) is 4.79 Å². The van der Waals surface area contributed by atoms with Crippen LogP contribution in [0.25, 0.3) is 10.8 Å². The van der Waals surface area contributed by atoms with E-state index in [1.54, 1.807) is 6.21 Å². The summed E-state index contributed by atoms with van der Waals surface area (Å²) in [5, 5.41) is 6.25. The van der Waals surface area contributed by atoms with E-state index in [4.69, 9.17) is 4.74 Å². The number of unbranched alkanes of at least 4 members (excludes halogenated alkanes) is 1. The minimum Gasteiger partial charge on any atom is -0.493 e. The Morgan fingerprint density at radius 2 is 2.05 bits per heavy atom. The molecule has 0 fully saturated rings. The summed E-state index contributed by atoms with van der Waals surface area (Å²) in [4.78, 5) is 11.6. The highest BCUT2D eigenvalue weighted by Gasteiger charge is 2.06. The van der Waals surface area contributed by atoms with E-state index in [-0.39, 0.29) is 5.91 Å². The molecule has 0 aliphatic rings. The van der Waals surface area contributed by atoms with Gasteiger partial charge in [-0.05, 0) is 30.2 Å². The molecular formula is C18H22N2O2. The zero-order chi connectivity index (χ0) is 15.8. The van der Waals surface area contributed by atoms with Gasteiger partial charge in [0.05, 0.1) is 12.8 Å². The first-order valence-corrected chi connectivity index (χ1v) is 7.72. The van der Waals surface area contributed by atoms with Gasteiger partial charge in [0.15, 0.2) is 0 Å². The number of fused-ring (bicyclic) bond motifs is 1. The highest BCUT2D eigenvalue weighted by molar-refractivity contribution is 6.02. The Hall–Kier alpha value is -2.36. The SMILES string of the molecule is CCCCC(=O)N/N=C/c1c(OCC)ccc2ccccc12. The molecule has 0 radical (unpaired) electrons. The maximum Gasteiger partial charge on any atom is 0.240 e. The second-order valence-corrected chi connectivity index (χ2v) is 5.03. The summed E-state index contributed by atoms with van der Waals surface area (Å²) in [6.07, 6.45) is 4.04. The molecule has 0 aromatic heterocycles. The van der Waals surface area contributed by atoms with Gasteiger partial charge in [-0.25, -0.2) is 5.43 Å². The number of nitrogens with one attached hydrogen (secondary N) is 1. The molecule has 2 aromatic rings. The van der Waals surface area contributed by atoms with Crippen molar-refractivity contribution in [2.24, 2.45) is 5.10 Å². The molecule has 116 valence electrons. The van der Waals surface area contributed by atoms with Gasteiger partial charge in [0.1, 0.15) is 5.75 Å². The van der Waals surface area contributed by atoms with Crippen molar-refractivity contribution in [3.05, 3.63) is 42.0 Å². The molecule has 22 heavy (non-hydrogen) atoms. The topological polar surface area (TPSA) is 50.7 Å². The first kappa shape index (κ1) is 16.0. The minimum atomic E-state index is -0.0590. The number of carbonyl (C=O) groups excluding carboxylic acids is 1. The number of hydrogen-bond donors (Lipinski definition) is 1. The maximum atomic E-state index is 11.6. The third-order valence-corrected chi connectivity index (χ3v) is 3.37. The summed E-state index contributed by atoms with van der Waals surface area (Å²) in [5.41, 5.74) is 3.46. The Balaban J connectivity index is 2.24. The predicted molar refractivity (Wildman–Crippen MR) is 90.4 cm³/mol. The maximum absolute atomic E-state index is 11.6. The molecule has 0 aliphatic heterocycles. The molecule has 2 aromatic carbocycles. The van der Waals surface area contributed by atoms with Crippen molar-refractivity contribution in [1.29, 1.82) is 0 Å². The molecule has 0 heterocycles. The second kappa shape index (κ2) is 8.17. The van der Waals surface area contributed by atoms with Gasteiger partial charge in [0, 0.05) is 12.0 Å². The highest BCUT2D eigenvalue weighted by atomic mass is 16.5. The first-order valence-electron chi connectivity index (χ1n) is 7.72. The van der Waals surface area contributed by atoms with Crippen molar-refractivity contribution >= 4 is 22.9 Å². The fourth-order valence-corrected chi connectivity index (χ4v) is 2.25. The molecule has 0 saturated heterocycles. The Morgan fingerprint density at radius 1 is 1.23 bits per heavy atom. The molecule has 4 nitrogen and oxygen atoms in total. The summed E-state index contributed by atoms with van der Waals surface area (Å²) in [6.45, 7) is 4.59. The molecule has 0 spiro atoms. The standard InChI is InChI=1S/C18H22N2O2/c1-3-5-10-18(21)20-19-13-16-15-9-7-6-8-14(15)11-12-17(16)22-4-2/h6-9,11-13H,3-5,10H2,1-2H3,(H,20,21)/b19-13+. The van der Waals surface area contributed by atoms with Gasteiger partial charge in [-0.2, -0.15) is 5.10 Å². The van der Waals surface area contributed by atoms with Crippen molar-refractivity contribution in [2.75, 3.05) is 6.61 Å². The lowest BCUT2D eigenvalue weighted by atomic mass is 10.0. The van der Waals surface area contributed by atoms with E-state index >= 15 is 0 Å². The normalized spacial score (nSPS) is 11.0. The smallest absolute Gasteiger partial charge is 0.240 e. The van der Waals surface area contributed by atoms with Crippen LogP contribution in [0.15, 0.2) is 41.5 Å². The lowest BCUT2D eigenvalue weighted by Gasteiger charge is -2.10. The van der Waals surface area contributed by atoms with Gasteiger partial charge >= 0.3 is 0 Å². The van der Waals surface area contributed by atoms with Crippen LogP contribution in [0.3, 0.4) is 0 Å². The lowest BCUT2D eigenvalue weighted by Crippen LogP contribution is -2.16. The third-order valence-electron chi connectivity index (χ3n) is 3.37. The van der Waals surface area contributed by atoms with Crippen LogP contribution in [0.5, 0.6) is 5.75 Å². The Kier molecular flexibility index (Phi) is 5.95. The molecule has 0 atom stereocenters. The number of hydrazone groups is 1. The lowest BCUT2D eigenvalue weighted by molar-refractivity contribution is -0.121. The summed E-state index contributed by atoms with van der Waals surface area (Å²) >= 11 is 0. The predicted octanol–water partition coefficient (Wildman–Crippen LogP) is 3.88. The largest absolute Gasteiger partial charge is 0.493 e. The zero-order valence-electron chi connectivity index (χ0n) is 13.1.